The summed E-state index contributed by atoms with van der Waals surface area (Å²) in [5, 5.41) is 8.83. The van der Waals surface area contributed by atoms with Gasteiger partial charge in [0.15, 0.2) is 0 Å². The molecule has 7 heteroatoms. The number of aliphatic hydroxyl groups excluding tert-OH is 1. The van der Waals surface area contributed by atoms with E-state index in [2.05, 4.69) is 11.9 Å². The third-order valence-electron chi connectivity index (χ3n) is 3.81. The minimum atomic E-state index is -3.60. The number of nitrogens with zero attached hydrogens (tertiary/aromatic N) is 2. The van der Waals surface area contributed by atoms with E-state index >= 15 is 0 Å². The number of sulfonamides is 1. The molecule has 0 aromatic carbocycles. The zero-order chi connectivity index (χ0) is 14.8. The van der Waals surface area contributed by atoms with Crippen molar-refractivity contribution in [3.05, 3.63) is 17.9 Å². The van der Waals surface area contributed by atoms with Gasteiger partial charge in [-0.3, -0.25) is 0 Å². The van der Waals surface area contributed by atoms with Crippen molar-refractivity contribution >= 4 is 10.0 Å². The fraction of sp³-hybridized carbons (Fsp3) is 0.692. The first-order chi connectivity index (χ1) is 9.43. The summed E-state index contributed by atoms with van der Waals surface area (Å²) in [4.78, 5) is 2.26. The first-order valence-corrected chi connectivity index (χ1v) is 8.22. The molecule has 1 aromatic heterocycles. The van der Waals surface area contributed by atoms with Gasteiger partial charge < -0.3 is 14.4 Å². The molecule has 2 rings (SSSR count). The molecule has 0 aliphatic carbocycles. The van der Waals surface area contributed by atoms with Gasteiger partial charge in [0.1, 0.15) is 12.4 Å². The van der Waals surface area contributed by atoms with Crippen molar-refractivity contribution < 1.29 is 17.9 Å². The maximum absolute atomic E-state index is 12.3. The van der Waals surface area contributed by atoms with Gasteiger partial charge in [-0.25, -0.2) is 8.42 Å². The maximum atomic E-state index is 12.3. The average molecular weight is 302 g/mol. The second-order valence-corrected chi connectivity index (χ2v) is 7.39. The van der Waals surface area contributed by atoms with Crippen molar-refractivity contribution in [3.8, 4) is 0 Å². The number of furan rings is 1. The summed E-state index contributed by atoms with van der Waals surface area (Å²) in [7, 11) is 0.0583. The number of aliphatic hydroxyl groups is 1. The van der Waals surface area contributed by atoms with Crippen LogP contribution in [0.1, 0.15) is 18.6 Å². The molecule has 0 bridgehead atoms. The highest BCUT2D eigenvalue weighted by Crippen LogP contribution is 2.22. The van der Waals surface area contributed by atoms with Crippen molar-refractivity contribution in [3.63, 3.8) is 0 Å². The van der Waals surface area contributed by atoms with E-state index in [4.69, 9.17) is 9.52 Å². The zero-order valence-corrected chi connectivity index (χ0v) is 12.8. The summed E-state index contributed by atoms with van der Waals surface area (Å²) in [6.07, 6.45) is 2.02. The normalized spacial score (nSPS) is 18.8. The number of hydrogen-bond donors (Lipinski definition) is 1. The Hall–Kier alpha value is -0.890. The van der Waals surface area contributed by atoms with Crippen LogP contribution in [0.25, 0.3) is 0 Å². The third-order valence-corrected chi connectivity index (χ3v) is 5.51. The summed E-state index contributed by atoms with van der Waals surface area (Å²) in [5.74, 6) is 0.648. The molecule has 0 unspecified atom stereocenters. The van der Waals surface area contributed by atoms with Crippen molar-refractivity contribution in [2.24, 2.45) is 5.92 Å². The Morgan fingerprint density at radius 1 is 1.40 bits per heavy atom. The lowest BCUT2D eigenvalue weighted by molar-refractivity contribution is 0.201. The van der Waals surface area contributed by atoms with Crippen LogP contribution in [-0.4, -0.2) is 56.5 Å². The molecular formula is C13H22N2O4S. The van der Waals surface area contributed by atoms with Crippen LogP contribution in [0.3, 0.4) is 0 Å². The molecule has 2 heterocycles. The number of likely N-dealkylation sites (tertiary alicyclic amines) is 1. The second kappa shape index (κ2) is 6.26. The Balaban J connectivity index is 2.01. The number of hydrogen-bond acceptors (Lipinski definition) is 5. The molecule has 114 valence electrons. The van der Waals surface area contributed by atoms with Crippen LogP contribution in [0.15, 0.2) is 21.6 Å². The van der Waals surface area contributed by atoms with Crippen LogP contribution in [-0.2, 0) is 16.6 Å². The van der Waals surface area contributed by atoms with Crippen LogP contribution in [0.5, 0.6) is 0 Å². The summed E-state index contributed by atoms with van der Waals surface area (Å²) in [6, 6.07) is 2.88. The predicted molar refractivity (Wildman–Crippen MR) is 74.7 cm³/mol. The highest BCUT2D eigenvalue weighted by atomic mass is 32.2. The van der Waals surface area contributed by atoms with Crippen LogP contribution in [0, 0.1) is 5.92 Å². The first kappa shape index (κ1) is 15.5. The Bertz CT molecular complexity index is 532. The van der Waals surface area contributed by atoms with Gasteiger partial charge >= 0.3 is 0 Å². The molecule has 1 aliphatic heterocycles. The van der Waals surface area contributed by atoms with E-state index in [0.717, 1.165) is 25.9 Å². The molecular weight excluding hydrogens is 280 g/mol. The first-order valence-electron chi connectivity index (χ1n) is 6.78. The predicted octanol–water partition coefficient (Wildman–Crippen LogP) is 0.734. The van der Waals surface area contributed by atoms with Crippen LogP contribution in [0.2, 0.25) is 0 Å². The lowest BCUT2D eigenvalue weighted by atomic mass is 9.97. The monoisotopic (exact) mass is 302 g/mol. The quantitative estimate of drug-likeness (QED) is 0.868. The van der Waals surface area contributed by atoms with Crippen molar-refractivity contribution in [1.82, 2.24) is 9.21 Å². The molecule has 6 nitrogen and oxygen atoms in total. The van der Waals surface area contributed by atoms with Gasteiger partial charge in [-0.15, -0.1) is 0 Å². The smallest absolute Gasteiger partial charge is 0.276 e. The van der Waals surface area contributed by atoms with Gasteiger partial charge in [0.25, 0.3) is 10.0 Å². The molecule has 20 heavy (non-hydrogen) atoms. The standard InChI is InChI=1S/C13H22N2O4S/c1-14-7-5-11(6-8-14)9-15(2)20(17,18)13-4-3-12(10-16)19-13/h3-4,11,16H,5-10H2,1-2H3. The van der Waals surface area contributed by atoms with Crippen molar-refractivity contribution in [2.45, 2.75) is 24.5 Å². The molecule has 0 saturated carbocycles. The Kier molecular flexibility index (Phi) is 4.85. The van der Waals surface area contributed by atoms with Gasteiger partial charge in [0, 0.05) is 13.6 Å². The van der Waals surface area contributed by atoms with Gasteiger partial charge in [0.2, 0.25) is 5.09 Å². The van der Waals surface area contributed by atoms with Gasteiger partial charge in [-0.2, -0.15) is 4.31 Å². The second-order valence-electron chi connectivity index (χ2n) is 5.41. The molecule has 1 aliphatic rings. The van der Waals surface area contributed by atoms with E-state index in [1.807, 2.05) is 0 Å². The Morgan fingerprint density at radius 3 is 2.60 bits per heavy atom. The SMILES string of the molecule is CN1CCC(CN(C)S(=O)(=O)c2ccc(CO)o2)CC1. The number of rotatable bonds is 5. The fourth-order valence-electron chi connectivity index (χ4n) is 2.44. The van der Waals surface area contributed by atoms with E-state index in [1.54, 1.807) is 7.05 Å². The van der Waals surface area contributed by atoms with E-state index in [1.165, 1.54) is 16.4 Å². The molecule has 1 fully saturated rings. The Labute approximate surface area is 120 Å². The summed E-state index contributed by atoms with van der Waals surface area (Å²) in [6.45, 7) is 2.22. The molecule has 1 N–H and O–H groups in total. The minimum Gasteiger partial charge on any atom is -0.446 e. The molecule has 1 aromatic rings. The van der Waals surface area contributed by atoms with Crippen LogP contribution < -0.4 is 0 Å². The van der Waals surface area contributed by atoms with Gasteiger partial charge in [-0.1, -0.05) is 0 Å². The topological polar surface area (TPSA) is 74.0 Å². The molecule has 0 atom stereocenters. The summed E-state index contributed by atoms with van der Waals surface area (Å²) >= 11 is 0. The van der Waals surface area contributed by atoms with Crippen LogP contribution >= 0.6 is 0 Å². The number of piperidine rings is 1. The van der Waals surface area contributed by atoms with E-state index in [0.29, 0.717) is 12.5 Å². The Morgan fingerprint density at radius 2 is 2.05 bits per heavy atom. The molecule has 0 amide bonds. The largest absolute Gasteiger partial charge is 0.446 e. The highest BCUT2D eigenvalue weighted by Gasteiger charge is 2.28. The summed E-state index contributed by atoms with van der Waals surface area (Å²) in [5.41, 5.74) is 0. The molecule has 0 radical (unpaired) electrons. The van der Waals surface area contributed by atoms with Crippen LogP contribution in [0.4, 0.5) is 0 Å². The van der Waals surface area contributed by atoms with E-state index < -0.39 is 10.0 Å². The lowest BCUT2D eigenvalue weighted by Crippen LogP contribution is -2.37. The van der Waals surface area contributed by atoms with E-state index in [9.17, 15) is 8.42 Å². The molecule has 0 spiro atoms. The van der Waals surface area contributed by atoms with Crippen molar-refractivity contribution in [1.29, 1.82) is 0 Å². The highest BCUT2D eigenvalue weighted by molar-refractivity contribution is 7.89. The van der Waals surface area contributed by atoms with Crippen molar-refractivity contribution in [2.75, 3.05) is 33.7 Å². The minimum absolute atomic E-state index is 0.100. The lowest BCUT2D eigenvalue weighted by Gasteiger charge is -2.31. The van der Waals surface area contributed by atoms with E-state index in [-0.39, 0.29) is 17.5 Å². The zero-order valence-electron chi connectivity index (χ0n) is 11.9. The average Bonchev–Trinajstić information content (AvgIpc) is 2.90. The summed E-state index contributed by atoms with van der Waals surface area (Å²) < 4.78 is 31.2. The van der Waals surface area contributed by atoms with Gasteiger partial charge in [0.05, 0.1) is 0 Å². The maximum Gasteiger partial charge on any atom is 0.276 e. The fourth-order valence-corrected chi connectivity index (χ4v) is 3.61. The van der Waals surface area contributed by atoms with Gasteiger partial charge in [-0.05, 0) is 51.0 Å². The molecule has 1 saturated heterocycles. The third kappa shape index (κ3) is 3.41.